The Morgan fingerprint density at radius 1 is 1.30 bits per heavy atom. The molecule has 0 spiro atoms. The number of amidine groups is 2. The maximum absolute atomic E-state index is 13.8. The second-order valence-corrected chi connectivity index (χ2v) is 8.33. The van der Waals surface area contributed by atoms with Crippen LogP contribution in [0, 0.1) is 11.2 Å². The van der Waals surface area contributed by atoms with E-state index in [0.717, 1.165) is 5.04 Å². The second kappa shape index (κ2) is 8.53. The molecule has 2 aliphatic heterocycles. The van der Waals surface area contributed by atoms with Gasteiger partial charge in [0.05, 0.1) is 10.0 Å². The standard InChI is InChI=1S/C21H16BrFN4O2S/c1-2-18-26-27-19(24)14(20(28)25-21(27)30-18)9-12-7-8-17(15(22)10-12)29-11-13-5-3-4-6-16(13)23/h3-10,24H,2,11H2,1H3/b14-9-,24-19?. The van der Waals surface area contributed by atoms with Gasteiger partial charge in [-0.1, -0.05) is 31.2 Å². The van der Waals surface area contributed by atoms with Gasteiger partial charge in [0.25, 0.3) is 5.91 Å². The SMILES string of the molecule is CCC1=NN2C(=N)/C(=C/c3ccc(OCc4ccccc4F)c(Br)c3)C(=O)N=C2S1. The van der Waals surface area contributed by atoms with Gasteiger partial charge in [-0.15, -0.1) is 0 Å². The van der Waals surface area contributed by atoms with E-state index in [2.05, 4.69) is 26.0 Å². The summed E-state index contributed by atoms with van der Waals surface area (Å²) in [4.78, 5) is 16.5. The minimum Gasteiger partial charge on any atom is -0.488 e. The average molecular weight is 487 g/mol. The smallest absolute Gasteiger partial charge is 0.283 e. The molecule has 0 aliphatic carbocycles. The molecule has 2 heterocycles. The first-order valence-electron chi connectivity index (χ1n) is 9.11. The van der Waals surface area contributed by atoms with E-state index in [9.17, 15) is 9.18 Å². The van der Waals surface area contributed by atoms with Gasteiger partial charge in [-0.25, -0.2) is 4.39 Å². The van der Waals surface area contributed by atoms with Gasteiger partial charge < -0.3 is 4.74 Å². The lowest BCUT2D eigenvalue weighted by Gasteiger charge is -2.20. The number of halogens is 2. The number of hydrogen-bond donors (Lipinski definition) is 1. The van der Waals surface area contributed by atoms with E-state index < -0.39 is 5.91 Å². The molecule has 2 aromatic carbocycles. The van der Waals surface area contributed by atoms with Crippen molar-refractivity contribution in [2.75, 3.05) is 0 Å². The van der Waals surface area contributed by atoms with E-state index in [1.165, 1.54) is 22.8 Å². The minimum atomic E-state index is -0.470. The Labute approximate surface area is 185 Å². The molecule has 0 radical (unpaired) electrons. The predicted octanol–water partition coefficient (Wildman–Crippen LogP) is 5.20. The zero-order chi connectivity index (χ0) is 21.3. The summed E-state index contributed by atoms with van der Waals surface area (Å²) in [6.07, 6.45) is 2.31. The Bertz CT molecular complexity index is 1150. The van der Waals surface area contributed by atoms with Crippen molar-refractivity contribution < 1.29 is 13.9 Å². The molecule has 152 valence electrons. The summed E-state index contributed by atoms with van der Waals surface area (Å²) >= 11 is 4.75. The van der Waals surface area contributed by atoms with Crippen LogP contribution in [0.25, 0.3) is 6.08 Å². The molecule has 0 saturated heterocycles. The van der Waals surface area contributed by atoms with Crippen molar-refractivity contribution in [1.29, 1.82) is 5.41 Å². The minimum absolute atomic E-state index is 0.00282. The van der Waals surface area contributed by atoms with Gasteiger partial charge >= 0.3 is 0 Å². The molecule has 0 atom stereocenters. The van der Waals surface area contributed by atoms with E-state index in [-0.39, 0.29) is 23.8 Å². The monoisotopic (exact) mass is 486 g/mol. The Balaban J connectivity index is 1.54. The quantitative estimate of drug-likeness (QED) is 0.589. The molecule has 1 N–H and O–H groups in total. The van der Waals surface area contributed by atoms with Crippen molar-refractivity contribution in [2.24, 2.45) is 10.1 Å². The number of nitrogens with zero attached hydrogens (tertiary/aromatic N) is 3. The van der Waals surface area contributed by atoms with Gasteiger partial charge in [0, 0.05) is 5.56 Å². The summed E-state index contributed by atoms with van der Waals surface area (Å²) in [7, 11) is 0. The van der Waals surface area contributed by atoms with Crippen LogP contribution < -0.4 is 4.74 Å². The van der Waals surface area contributed by atoms with Crippen LogP contribution in [0.3, 0.4) is 0 Å². The van der Waals surface area contributed by atoms with Crippen LogP contribution in [0.2, 0.25) is 0 Å². The highest BCUT2D eigenvalue weighted by Crippen LogP contribution is 2.31. The van der Waals surface area contributed by atoms with Gasteiger partial charge in [-0.05, 0) is 64.0 Å². The Hall–Kier alpha value is -2.78. The van der Waals surface area contributed by atoms with Crippen molar-refractivity contribution in [1.82, 2.24) is 5.01 Å². The number of hydrazone groups is 1. The first-order valence-corrected chi connectivity index (χ1v) is 10.7. The number of carbonyl (C=O) groups excluding carboxylic acids is 1. The van der Waals surface area contributed by atoms with Crippen LogP contribution in [0.5, 0.6) is 5.75 Å². The summed E-state index contributed by atoms with van der Waals surface area (Å²) < 4.78 is 20.1. The molecule has 0 bridgehead atoms. The molecule has 6 nitrogen and oxygen atoms in total. The molecule has 2 aromatic rings. The number of benzene rings is 2. The largest absolute Gasteiger partial charge is 0.488 e. The Morgan fingerprint density at radius 2 is 2.10 bits per heavy atom. The van der Waals surface area contributed by atoms with Crippen LogP contribution in [0.1, 0.15) is 24.5 Å². The maximum Gasteiger partial charge on any atom is 0.283 e. The fraction of sp³-hybridized carbons (Fsp3) is 0.143. The topological polar surface area (TPSA) is 78.1 Å². The number of fused-ring (bicyclic) bond motifs is 1. The second-order valence-electron chi connectivity index (χ2n) is 6.44. The molecule has 1 amide bonds. The third-order valence-electron chi connectivity index (χ3n) is 4.41. The third-order valence-corrected chi connectivity index (χ3v) is 6.08. The normalized spacial score (nSPS) is 17.2. The highest BCUT2D eigenvalue weighted by atomic mass is 79.9. The van der Waals surface area contributed by atoms with Crippen molar-refractivity contribution in [3.63, 3.8) is 0 Å². The molecule has 0 fully saturated rings. The van der Waals surface area contributed by atoms with Gasteiger partial charge in [0.2, 0.25) is 5.17 Å². The molecule has 4 rings (SSSR count). The fourth-order valence-electron chi connectivity index (χ4n) is 2.84. The van der Waals surface area contributed by atoms with Gasteiger partial charge in [0.1, 0.15) is 23.2 Å². The number of nitrogens with one attached hydrogen (secondary N) is 1. The van der Waals surface area contributed by atoms with Crippen molar-refractivity contribution in [2.45, 2.75) is 20.0 Å². The van der Waals surface area contributed by atoms with Crippen molar-refractivity contribution in [3.05, 3.63) is 69.5 Å². The number of hydrogen-bond acceptors (Lipinski definition) is 5. The first kappa shape index (κ1) is 20.5. The highest BCUT2D eigenvalue weighted by Gasteiger charge is 2.35. The zero-order valence-electron chi connectivity index (χ0n) is 15.9. The number of thioether (sulfide) groups is 1. The molecular formula is C21H16BrFN4O2S. The molecule has 0 saturated carbocycles. The van der Waals surface area contributed by atoms with Crippen molar-refractivity contribution in [3.8, 4) is 5.75 Å². The highest BCUT2D eigenvalue weighted by molar-refractivity contribution is 9.10. The van der Waals surface area contributed by atoms with Crippen LogP contribution in [-0.2, 0) is 11.4 Å². The molecule has 0 unspecified atom stereocenters. The third kappa shape index (κ3) is 4.08. The van der Waals surface area contributed by atoms with E-state index >= 15 is 0 Å². The fourth-order valence-corrected chi connectivity index (χ4v) is 4.17. The van der Waals surface area contributed by atoms with Crippen molar-refractivity contribution >= 4 is 55.7 Å². The van der Waals surface area contributed by atoms with E-state index in [1.54, 1.807) is 42.5 Å². The van der Waals surface area contributed by atoms with Crippen LogP contribution in [0.15, 0.2) is 62.6 Å². The lowest BCUT2D eigenvalue weighted by molar-refractivity contribution is -0.114. The number of ether oxygens (including phenoxy) is 1. The van der Waals surface area contributed by atoms with E-state index in [4.69, 9.17) is 10.1 Å². The summed E-state index contributed by atoms with van der Waals surface area (Å²) in [5.41, 5.74) is 1.31. The van der Waals surface area contributed by atoms with Gasteiger partial charge in [0.15, 0.2) is 5.84 Å². The summed E-state index contributed by atoms with van der Waals surface area (Å²) in [6.45, 7) is 2.05. The number of aliphatic imine (C=N–C) groups is 1. The summed E-state index contributed by atoms with van der Waals surface area (Å²) in [5.74, 6) is -0.253. The lowest BCUT2D eigenvalue weighted by atomic mass is 10.1. The zero-order valence-corrected chi connectivity index (χ0v) is 18.3. The Kier molecular flexibility index (Phi) is 5.83. The Morgan fingerprint density at radius 3 is 2.83 bits per heavy atom. The number of amides is 1. The molecule has 9 heteroatoms. The average Bonchev–Trinajstić information content (AvgIpc) is 3.15. The van der Waals surface area contributed by atoms with E-state index in [0.29, 0.717) is 32.9 Å². The molecule has 30 heavy (non-hydrogen) atoms. The van der Waals surface area contributed by atoms with Gasteiger partial charge in [-0.3, -0.25) is 10.2 Å². The van der Waals surface area contributed by atoms with Crippen LogP contribution in [-0.4, -0.2) is 27.0 Å². The number of rotatable bonds is 5. The van der Waals surface area contributed by atoms with Crippen LogP contribution >= 0.6 is 27.7 Å². The maximum atomic E-state index is 13.8. The molecule has 2 aliphatic rings. The molecule has 0 aromatic heterocycles. The van der Waals surface area contributed by atoms with Gasteiger partial charge in [-0.2, -0.15) is 15.1 Å². The van der Waals surface area contributed by atoms with E-state index in [1.807, 2.05) is 6.92 Å². The molecular weight excluding hydrogens is 471 g/mol. The van der Waals surface area contributed by atoms with Crippen LogP contribution in [0.4, 0.5) is 4.39 Å². The summed E-state index contributed by atoms with van der Waals surface area (Å²) in [5, 5.41) is 15.3. The summed E-state index contributed by atoms with van der Waals surface area (Å²) in [6, 6.07) is 11.7. The first-order chi connectivity index (χ1) is 14.5. The lowest BCUT2D eigenvalue weighted by Crippen LogP contribution is -2.35. The number of carbonyl (C=O) groups is 1. The predicted molar refractivity (Wildman–Crippen MR) is 120 cm³/mol.